The van der Waals surface area contributed by atoms with Crippen LogP contribution in [0.3, 0.4) is 0 Å². The fourth-order valence-corrected chi connectivity index (χ4v) is 3.91. The van der Waals surface area contributed by atoms with Crippen LogP contribution < -0.4 is 5.32 Å². The Labute approximate surface area is 164 Å². The Morgan fingerprint density at radius 1 is 1.00 bits per heavy atom. The van der Waals surface area contributed by atoms with Gasteiger partial charge in [0.1, 0.15) is 0 Å². The maximum absolute atomic E-state index is 12.5. The van der Waals surface area contributed by atoms with E-state index in [1.807, 2.05) is 11.0 Å². The summed E-state index contributed by atoms with van der Waals surface area (Å²) in [5, 5.41) is 3.19. The summed E-state index contributed by atoms with van der Waals surface area (Å²) < 4.78 is 0. The van der Waals surface area contributed by atoms with Crippen molar-refractivity contribution in [1.29, 1.82) is 0 Å². The van der Waals surface area contributed by atoms with Gasteiger partial charge in [-0.3, -0.25) is 4.90 Å². The number of amides is 2. The highest BCUT2D eigenvalue weighted by molar-refractivity contribution is 5.74. The number of piperazine rings is 1. The van der Waals surface area contributed by atoms with E-state index in [9.17, 15) is 4.79 Å². The molecule has 0 radical (unpaired) electrons. The van der Waals surface area contributed by atoms with Crippen molar-refractivity contribution in [2.45, 2.75) is 32.2 Å². The van der Waals surface area contributed by atoms with Crippen molar-refractivity contribution >= 4 is 12.1 Å². The number of nitrogens with zero attached hydrogens (tertiary/aromatic N) is 3. The number of benzene rings is 1. The van der Waals surface area contributed by atoms with E-state index in [0.29, 0.717) is 0 Å². The molecule has 2 amide bonds. The van der Waals surface area contributed by atoms with E-state index < -0.39 is 0 Å². The van der Waals surface area contributed by atoms with E-state index in [1.54, 1.807) is 0 Å². The van der Waals surface area contributed by atoms with Gasteiger partial charge < -0.3 is 15.1 Å². The Balaban J connectivity index is 1.34. The Morgan fingerprint density at radius 2 is 1.70 bits per heavy atom. The Morgan fingerprint density at radius 3 is 2.41 bits per heavy atom. The molecule has 2 heterocycles. The maximum Gasteiger partial charge on any atom is 0.317 e. The Bertz CT molecular complexity index is 590. The summed E-state index contributed by atoms with van der Waals surface area (Å²) in [6.45, 7) is 9.87. The first-order valence-electron chi connectivity index (χ1n) is 10.4. The van der Waals surface area contributed by atoms with Gasteiger partial charge in [-0.1, -0.05) is 48.9 Å². The second-order valence-corrected chi connectivity index (χ2v) is 7.81. The first-order valence-corrected chi connectivity index (χ1v) is 10.4. The van der Waals surface area contributed by atoms with Gasteiger partial charge in [-0.15, -0.1) is 0 Å². The summed E-state index contributed by atoms with van der Waals surface area (Å²) in [7, 11) is 0. The van der Waals surface area contributed by atoms with Gasteiger partial charge in [-0.25, -0.2) is 4.79 Å². The largest absolute Gasteiger partial charge is 0.334 e. The number of rotatable bonds is 6. The molecule has 1 atom stereocenters. The number of hydrogen-bond acceptors (Lipinski definition) is 3. The highest BCUT2D eigenvalue weighted by Crippen LogP contribution is 2.09. The van der Waals surface area contributed by atoms with Gasteiger partial charge in [0.15, 0.2) is 0 Å². The third kappa shape index (κ3) is 6.67. The molecule has 0 bridgehead atoms. The van der Waals surface area contributed by atoms with E-state index in [4.69, 9.17) is 0 Å². The number of urea groups is 1. The van der Waals surface area contributed by atoms with E-state index in [-0.39, 0.29) is 12.1 Å². The van der Waals surface area contributed by atoms with Crippen molar-refractivity contribution in [1.82, 2.24) is 20.0 Å². The predicted octanol–water partition coefficient (Wildman–Crippen LogP) is 2.90. The summed E-state index contributed by atoms with van der Waals surface area (Å²) in [6.07, 6.45) is 8.32. The van der Waals surface area contributed by atoms with Crippen molar-refractivity contribution < 1.29 is 4.79 Å². The van der Waals surface area contributed by atoms with Crippen LogP contribution in [0.2, 0.25) is 0 Å². The van der Waals surface area contributed by atoms with Gasteiger partial charge in [0.2, 0.25) is 0 Å². The third-order valence-electron chi connectivity index (χ3n) is 5.48. The van der Waals surface area contributed by atoms with Crippen LogP contribution in [-0.2, 0) is 0 Å². The number of hydrogen-bond donors (Lipinski definition) is 1. The van der Waals surface area contributed by atoms with Crippen LogP contribution in [-0.4, -0.2) is 79.1 Å². The molecule has 2 fully saturated rings. The van der Waals surface area contributed by atoms with Crippen molar-refractivity contribution in [2.24, 2.45) is 0 Å². The van der Waals surface area contributed by atoms with Crippen molar-refractivity contribution in [3.63, 3.8) is 0 Å². The van der Waals surface area contributed by atoms with Gasteiger partial charge in [0, 0.05) is 45.3 Å². The lowest BCUT2D eigenvalue weighted by atomic mass is 10.1. The lowest BCUT2D eigenvalue weighted by Gasteiger charge is -2.35. The summed E-state index contributed by atoms with van der Waals surface area (Å²) in [5.74, 6) is 0. The lowest BCUT2D eigenvalue weighted by Crippen LogP contribution is -2.54. The Hall–Kier alpha value is -1.85. The van der Waals surface area contributed by atoms with Crippen LogP contribution in [0.4, 0.5) is 4.79 Å². The molecule has 1 aromatic rings. The van der Waals surface area contributed by atoms with Gasteiger partial charge >= 0.3 is 6.03 Å². The molecule has 5 heteroatoms. The van der Waals surface area contributed by atoms with E-state index in [0.717, 1.165) is 39.3 Å². The molecular formula is C22H34N4O. The summed E-state index contributed by atoms with van der Waals surface area (Å²) in [6, 6.07) is 10.7. The van der Waals surface area contributed by atoms with Crippen molar-refractivity contribution in [3.8, 4) is 0 Å². The van der Waals surface area contributed by atoms with Crippen LogP contribution >= 0.6 is 0 Å². The molecule has 5 nitrogen and oxygen atoms in total. The van der Waals surface area contributed by atoms with Crippen LogP contribution in [0.5, 0.6) is 0 Å². The molecule has 2 aliphatic heterocycles. The summed E-state index contributed by atoms with van der Waals surface area (Å²) in [5.41, 5.74) is 1.23. The quantitative estimate of drug-likeness (QED) is 0.837. The van der Waals surface area contributed by atoms with E-state index in [1.165, 1.54) is 37.9 Å². The third-order valence-corrected chi connectivity index (χ3v) is 5.48. The van der Waals surface area contributed by atoms with Gasteiger partial charge in [-0.05, 0) is 38.4 Å². The SMILES string of the molecule is CC(CN1CCCCC1)NC(=O)N1CCN(C/C=C/c2ccccc2)CC1. The molecule has 148 valence electrons. The number of nitrogens with one attached hydrogen (secondary N) is 1. The average molecular weight is 371 g/mol. The minimum Gasteiger partial charge on any atom is -0.334 e. The molecule has 0 saturated carbocycles. The van der Waals surface area contributed by atoms with Crippen LogP contribution in [0.15, 0.2) is 36.4 Å². The smallest absolute Gasteiger partial charge is 0.317 e. The van der Waals surface area contributed by atoms with Gasteiger partial charge in [-0.2, -0.15) is 0 Å². The molecular weight excluding hydrogens is 336 g/mol. The maximum atomic E-state index is 12.5. The zero-order valence-electron chi connectivity index (χ0n) is 16.6. The minimum atomic E-state index is 0.0963. The normalized spacial score (nSPS) is 20.7. The Kier molecular flexibility index (Phi) is 7.72. The van der Waals surface area contributed by atoms with E-state index >= 15 is 0 Å². The van der Waals surface area contributed by atoms with Gasteiger partial charge in [0.25, 0.3) is 0 Å². The molecule has 0 aliphatic carbocycles. The molecule has 27 heavy (non-hydrogen) atoms. The molecule has 1 N–H and O–H groups in total. The zero-order chi connectivity index (χ0) is 18.9. The highest BCUT2D eigenvalue weighted by atomic mass is 16.2. The molecule has 1 unspecified atom stereocenters. The number of likely N-dealkylation sites (tertiary alicyclic amines) is 1. The fourth-order valence-electron chi connectivity index (χ4n) is 3.91. The molecule has 0 aromatic heterocycles. The lowest BCUT2D eigenvalue weighted by molar-refractivity contribution is 0.141. The predicted molar refractivity (Wildman–Crippen MR) is 112 cm³/mol. The van der Waals surface area contributed by atoms with Crippen LogP contribution in [0.25, 0.3) is 6.08 Å². The summed E-state index contributed by atoms with van der Waals surface area (Å²) in [4.78, 5) is 19.4. The van der Waals surface area contributed by atoms with Crippen LogP contribution in [0.1, 0.15) is 31.7 Å². The number of carbonyl (C=O) groups excluding carboxylic acids is 1. The van der Waals surface area contributed by atoms with Crippen LogP contribution in [0, 0.1) is 0 Å². The molecule has 3 rings (SSSR count). The number of carbonyl (C=O) groups is 1. The van der Waals surface area contributed by atoms with Gasteiger partial charge in [0.05, 0.1) is 0 Å². The standard InChI is InChI=1S/C22H34N4O/c1-20(19-25-12-6-3-7-13-25)23-22(27)26-17-15-24(16-18-26)14-8-11-21-9-4-2-5-10-21/h2,4-5,8-11,20H,3,6-7,12-19H2,1H3,(H,23,27)/b11-8+. The second-order valence-electron chi connectivity index (χ2n) is 7.81. The minimum absolute atomic E-state index is 0.0963. The first-order chi connectivity index (χ1) is 13.2. The zero-order valence-corrected chi connectivity index (χ0v) is 16.6. The fraction of sp³-hybridized carbons (Fsp3) is 0.591. The monoisotopic (exact) mass is 370 g/mol. The summed E-state index contributed by atoms with van der Waals surface area (Å²) >= 11 is 0. The van der Waals surface area contributed by atoms with Crippen molar-refractivity contribution in [3.05, 3.63) is 42.0 Å². The molecule has 0 spiro atoms. The first kappa shape index (κ1) is 19.9. The average Bonchev–Trinajstić information content (AvgIpc) is 2.70. The van der Waals surface area contributed by atoms with Crippen molar-refractivity contribution in [2.75, 3.05) is 52.4 Å². The topological polar surface area (TPSA) is 38.8 Å². The number of piperidine rings is 1. The second kappa shape index (κ2) is 10.5. The molecule has 2 aliphatic rings. The molecule has 1 aromatic carbocycles. The van der Waals surface area contributed by atoms with E-state index in [2.05, 4.69) is 58.5 Å². The highest BCUT2D eigenvalue weighted by Gasteiger charge is 2.22. The molecule has 2 saturated heterocycles.